The molecule has 0 saturated heterocycles. The molecule has 1 unspecified atom stereocenters. The van der Waals surface area contributed by atoms with Crippen LogP contribution in [0, 0.1) is 0 Å². The fourth-order valence-corrected chi connectivity index (χ4v) is 6.55. The van der Waals surface area contributed by atoms with E-state index in [1.54, 1.807) is 49.3 Å². The van der Waals surface area contributed by atoms with Crippen LogP contribution in [0.3, 0.4) is 0 Å². The lowest BCUT2D eigenvalue weighted by Crippen LogP contribution is -2.26. The molecule has 0 aliphatic rings. The third kappa shape index (κ3) is 8.30. The van der Waals surface area contributed by atoms with E-state index in [9.17, 15) is 4.57 Å². The van der Waals surface area contributed by atoms with Gasteiger partial charge >= 0.3 is 7.60 Å². The van der Waals surface area contributed by atoms with Crippen LogP contribution in [0.2, 0.25) is 0 Å². The minimum atomic E-state index is -3.61. The third-order valence-electron chi connectivity index (χ3n) is 5.22. The molecule has 2 aromatic carbocycles. The standard InChI is InChI=1S/C26H31N2O4PS3/c1-27(2)25(34)31-33(29,32-26(35)28(3)4)17-9-15-23(24-16-10-18-36-24)20-11-8-14-22(19-20)30-21-12-6-5-7-13-21/h5-8,10-14,16,18-19,23H,9,15,17H2,1-4H3. The van der Waals surface area contributed by atoms with Crippen LogP contribution >= 0.6 is 43.4 Å². The Bertz CT molecular complexity index is 1160. The van der Waals surface area contributed by atoms with Crippen LogP contribution in [-0.2, 0) is 13.6 Å². The van der Waals surface area contributed by atoms with E-state index in [-0.39, 0.29) is 22.4 Å². The normalized spacial score (nSPS) is 11.9. The van der Waals surface area contributed by atoms with Gasteiger partial charge in [0.1, 0.15) is 11.5 Å². The Morgan fingerprint density at radius 3 is 2.11 bits per heavy atom. The smallest absolute Gasteiger partial charge is 0.434 e. The summed E-state index contributed by atoms with van der Waals surface area (Å²) in [5.41, 5.74) is 1.12. The molecule has 3 rings (SSSR count). The second-order valence-corrected chi connectivity index (χ2v) is 12.2. The number of benzene rings is 2. The summed E-state index contributed by atoms with van der Waals surface area (Å²) in [6.45, 7) is 0. The minimum Gasteiger partial charge on any atom is -0.457 e. The quantitative estimate of drug-likeness (QED) is 0.188. The van der Waals surface area contributed by atoms with Crippen molar-refractivity contribution in [2.45, 2.75) is 18.8 Å². The molecule has 0 bridgehead atoms. The largest absolute Gasteiger partial charge is 0.457 e. The van der Waals surface area contributed by atoms with E-state index in [1.165, 1.54) is 4.88 Å². The Labute approximate surface area is 228 Å². The highest BCUT2D eigenvalue weighted by molar-refractivity contribution is 7.81. The topological polar surface area (TPSA) is 51.2 Å². The molecule has 0 fully saturated rings. The van der Waals surface area contributed by atoms with Gasteiger partial charge in [0.2, 0.25) is 0 Å². The molecule has 0 aliphatic heterocycles. The molecule has 10 heteroatoms. The number of para-hydroxylation sites is 1. The van der Waals surface area contributed by atoms with Gasteiger partial charge in [-0.3, -0.25) is 0 Å². The maximum atomic E-state index is 13.6. The van der Waals surface area contributed by atoms with Crippen molar-refractivity contribution in [1.82, 2.24) is 9.80 Å². The summed E-state index contributed by atoms with van der Waals surface area (Å²) < 4.78 is 31.0. The van der Waals surface area contributed by atoms with E-state index < -0.39 is 7.60 Å². The molecule has 1 atom stereocenters. The van der Waals surface area contributed by atoms with Crippen LogP contribution in [0.1, 0.15) is 29.2 Å². The van der Waals surface area contributed by atoms with Crippen LogP contribution in [0.15, 0.2) is 72.1 Å². The van der Waals surface area contributed by atoms with Gasteiger partial charge in [-0.2, -0.15) is 0 Å². The van der Waals surface area contributed by atoms with Crippen molar-refractivity contribution in [2.24, 2.45) is 0 Å². The summed E-state index contributed by atoms with van der Waals surface area (Å²) in [6, 6.07) is 22.0. The summed E-state index contributed by atoms with van der Waals surface area (Å²) in [7, 11) is 3.32. The van der Waals surface area contributed by atoms with Gasteiger partial charge in [-0.25, -0.2) is 4.57 Å². The molecule has 192 valence electrons. The SMILES string of the molecule is CN(C)C(=S)OP(=O)(CCCC(c1cccc(Oc2ccccc2)c1)c1cccs1)OC(=S)N(C)C. The molecule has 0 spiro atoms. The van der Waals surface area contributed by atoms with Crippen LogP contribution in [0.5, 0.6) is 11.5 Å². The fourth-order valence-electron chi connectivity index (χ4n) is 3.38. The van der Waals surface area contributed by atoms with Crippen molar-refractivity contribution in [1.29, 1.82) is 0 Å². The van der Waals surface area contributed by atoms with Crippen molar-refractivity contribution >= 4 is 53.7 Å². The molecule has 3 aromatic rings. The zero-order valence-corrected chi connectivity index (χ0v) is 24.2. The van der Waals surface area contributed by atoms with Crippen LogP contribution in [0.4, 0.5) is 0 Å². The van der Waals surface area contributed by atoms with Crippen LogP contribution in [0.25, 0.3) is 0 Å². The lowest BCUT2D eigenvalue weighted by Gasteiger charge is -2.25. The molecular formula is C26H31N2O4PS3. The van der Waals surface area contributed by atoms with Gasteiger partial charge in [0.15, 0.2) is 0 Å². The number of hydrogen-bond donors (Lipinski definition) is 0. The number of thiocarbonyl (C=S) groups is 2. The first-order chi connectivity index (χ1) is 17.2. The predicted molar refractivity (Wildman–Crippen MR) is 156 cm³/mol. The molecule has 1 aromatic heterocycles. The van der Waals surface area contributed by atoms with E-state index in [4.69, 9.17) is 38.2 Å². The van der Waals surface area contributed by atoms with Gasteiger partial charge in [0.25, 0.3) is 10.3 Å². The molecule has 0 radical (unpaired) electrons. The Morgan fingerprint density at radius 2 is 1.53 bits per heavy atom. The maximum absolute atomic E-state index is 13.6. The van der Waals surface area contributed by atoms with Gasteiger partial charge in [0.05, 0.1) is 6.16 Å². The third-order valence-corrected chi connectivity index (χ3v) is 9.11. The second-order valence-electron chi connectivity index (χ2n) is 8.54. The van der Waals surface area contributed by atoms with E-state index in [1.807, 2.05) is 48.5 Å². The zero-order chi connectivity index (χ0) is 26.1. The average molecular weight is 563 g/mol. The average Bonchev–Trinajstić information content (AvgIpc) is 3.37. The summed E-state index contributed by atoms with van der Waals surface area (Å²) in [6.07, 6.45) is 1.49. The Kier molecular flexibility index (Phi) is 10.3. The second kappa shape index (κ2) is 13.2. The molecular weight excluding hydrogens is 531 g/mol. The summed E-state index contributed by atoms with van der Waals surface area (Å²) >= 11 is 12.2. The van der Waals surface area contributed by atoms with E-state index >= 15 is 0 Å². The first-order valence-electron chi connectivity index (χ1n) is 11.4. The number of nitrogens with zero attached hydrogens (tertiary/aromatic N) is 2. The minimum absolute atomic E-state index is 0.0966. The van der Waals surface area contributed by atoms with Gasteiger partial charge in [0, 0.05) is 39.0 Å². The number of rotatable bonds is 10. The monoisotopic (exact) mass is 562 g/mol. The maximum Gasteiger partial charge on any atom is 0.434 e. The van der Waals surface area contributed by atoms with Crippen LogP contribution < -0.4 is 4.74 Å². The van der Waals surface area contributed by atoms with Gasteiger partial charge in [-0.15, -0.1) is 11.3 Å². The number of thiophene rings is 1. The highest BCUT2D eigenvalue weighted by atomic mass is 32.1. The van der Waals surface area contributed by atoms with Gasteiger partial charge in [-0.05, 0) is 78.6 Å². The molecule has 0 amide bonds. The fraction of sp³-hybridized carbons (Fsp3) is 0.308. The lowest BCUT2D eigenvalue weighted by molar-refractivity contribution is 0.334. The van der Waals surface area contributed by atoms with Crippen molar-refractivity contribution in [3.8, 4) is 11.5 Å². The molecule has 0 saturated carbocycles. The summed E-state index contributed by atoms with van der Waals surface area (Å²) in [5, 5.41) is 2.26. The molecule has 6 nitrogen and oxygen atoms in total. The van der Waals surface area contributed by atoms with Crippen molar-refractivity contribution in [3.63, 3.8) is 0 Å². The van der Waals surface area contributed by atoms with Gasteiger partial charge < -0.3 is 23.6 Å². The zero-order valence-electron chi connectivity index (χ0n) is 20.8. The summed E-state index contributed by atoms with van der Waals surface area (Å²) in [4.78, 5) is 4.38. The highest BCUT2D eigenvalue weighted by Crippen LogP contribution is 2.51. The Hall–Kier alpha value is -2.45. The molecule has 1 heterocycles. The van der Waals surface area contributed by atoms with E-state index in [2.05, 4.69) is 23.6 Å². The van der Waals surface area contributed by atoms with Crippen molar-refractivity contribution < 1.29 is 18.3 Å². The summed E-state index contributed by atoms with van der Waals surface area (Å²) in [5.74, 6) is 1.65. The molecule has 0 aliphatic carbocycles. The molecule has 0 N–H and O–H groups in total. The first kappa shape index (κ1) is 28.1. The Morgan fingerprint density at radius 1 is 0.889 bits per heavy atom. The van der Waals surface area contributed by atoms with Crippen LogP contribution in [-0.4, -0.2) is 54.5 Å². The van der Waals surface area contributed by atoms with E-state index in [0.29, 0.717) is 6.42 Å². The number of ether oxygens (including phenoxy) is 1. The predicted octanol–water partition coefficient (Wildman–Crippen LogP) is 7.37. The molecule has 36 heavy (non-hydrogen) atoms. The lowest BCUT2D eigenvalue weighted by atomic mass is 9.93. The van der Waals surface area contributed by atoms with Crippen molar-refractivity contribution in [2.75, 3.05) is 34.4 Å². The van der Waals surface area contributed by atoms with Crippen molar-refractivity contribution in [3.05, 3.63) is 82.6 Å². The highest BCUT2D eigenvalue weighted by Gasteiger charge is 2.32. The van der Waals surface area contributed by atoms with Gasteiger partial charge in [-0.1, -0.05) is 36.4 Å². The van der Waals surface area contributed by atoms with E-state index in [0.717, 1.165) is 23.5 Å². The number of hydrogen-bond acceptors (Lipinski definition) is 7. The Balaban J connectivity index is 1.77. The first-order valence-corrected chi connectivity index (χ1v) is 14.9.